The van der Waals surface area contributed by atoms with Crippen molar-refractivity contribution in [1.29, 1.82) is 0 Å². The van der Waals surface area contributed by atoms with E-state index in [2.05, 4.69) is 4.99 Å². The monoisotopic (exact) mass is 394 g/mol. The van der Waals surface area contributed by atoms with Gasteiger partial charge in [0.15, 0.2) is 9.84 Å². The Morgan fingerprint density at radius 2 is 1.78 bits per heavy atom. The molecule has 0 saturated heterocycles. The summed E-state index contributed by atoms with van der Waals surface area (Å²) in [6, 6.07) is 6.03. The van der Waals surface area contributed by atoms with E-state index in [1.54, 1.807) is 19.2 Å². The molecular weight excluding hydrogens is 370 g/mol. The molecule has 0 spiro atoms. The second kappa shape index (κ2) is 8.17. The first-order valence-corrected chi connectivity index (χ1v) is 10.4. The van der Waals surface area contributed by atoms with Gasteiger partial charge in [0.25, 0.3) is 5.92 Å². The first-order chi connectivity index (χ1) is 12.5. The quantitative estimate of drug-likeness (QED) is 0.669. The number of hydrogen-bond acceptors (Lipinski definition) is 4. The number of nitrogens with zero attached hydrogens (tertiary/aromatic N) is 2. The van der Waals surface area contributed by atoms with E-state index in [1.807, 2.05) is 31.2 Å². The van der Waals surface area contributed by atoms with Crippen molar-refractivity contribution in [3.05, 3.63) is 60.5 Å². The van der Waals surface area contributed by atoms with Crippen molar-refractivity contribution in [2.75, 3.05) is 18.2 Å². The summed E-state index contributed by atoms with van der Waals surface area (Å²) in [6.07, 6.45) is 11.6. The normalized spacial score (nSPS) is 21.0. The minimum absolute atomic E-state index is 0.0416. The molecule has 4 nitrogen and oxygen atoms in total. The molecule has 1 aromatic rings. The predicted molar refractivity (Wildman–Crippen MR) is 106 cm³/mol. The van der Waals surface area contributed by atoms with Gasteiger partial charge in [0, 0.05) is 44.2 Å². The molecule has 1 aliphatic carbocycles. The van der Waals surface area contributed by atoms with Crippen LogP contribution in [0.2, 0.25) is 0 Å². The molecule has 0 aliphatic heterocycles. The molecule has 2 rings (SSSR count). The van der Waals surface area contributed by atoms with Crippen LogP contribution in [0.5, 0.6) is 0 Å². The number of anilines is 1. The molecule has 1 aliphatic rings. The molecule has 0 fully saturated rings. The Hall–Kier alpha value is -2.28. The first kappa shape index (κ1) is 21.0. The zero-order valence-corrected chi connectivity index (χ0v) is 16.6. The smallest absolute Gasteiger partial charge is 0.288 e. The van der Waals surface area contributed by atoms with Gasteiger partial charge in [-0.05, 0) is 30.2 Å². The third kappa shape index (κ3) is 5.85. The van der Waals surface area contributed by atoms with Crippen molar-refractivity contribution < 1.29 is 17.2 Å². The third-order valence-electron chi connectivity index (χ3n) is 4.29. The van der Waals surface area contributed by atoms with Gasteiger partial charge in [-0.1, -0.05) is 31.2 Å². The van der Waals surface area contributed by atoms with E-state index in [0.29, 0.717) is 5.69 Å². The Bertz CT molecular complexity index is 880. The summed E-state index contributed by atoms with van der Waals surface area (Å²) in [5.74, 6) is -2.97. The molecule has 0 amide bonds. The van der Waals surface area contributed by atoms with Crippen molar-refractivity contribution in [3.63, 3.8) is 0 Å². The lowest BCUT2D eigenvalue weighted by Gasteiger charge is -2.20. The van der Waals surface area contributed by atoms with E-state index < -0.39 is 15.8 Å². The average molecular weight is 394 g/mol. The van der Waals surface area contributed by atoms with Crippen molar-refractivity contribution in [1.82, 2.24) is 0 Å². The van der Waals surface area contributed by atoms with Gasteiger partial charge < -0.3 is 4.90 Å². The van der Waals surface area contributed by atoms with E-state index in [1.165, 1.54) is 29.4 Å². The summed E-state index contributed by atoms with van der Waals surface area (Å²) < 4.78 is 51.1. The maximum atomic E-state index is 14.0. The van der Waals surface area contributed by atoms with Crippen LogP contribution in [0.3, 0.4) is 0 Å². The molecule has 2 unspecified atom stereocenters. The fraction of sp³-hybridized carbons (Fsp3) is 0.350. The molecule has 0 saturated carbocycles. The zero-order chi connectivity index (χ0) is 20.2. The minimum Gasteiger partial charge on any atom is -0.349 e. The van der Waals surface area contributed by atoms with Gasteiger partial charge in [0.1, 0.15) is 5.70 Å². The van der Waals surface area contributed by atoms with Crippen LogP contribution in [0.15, 0.2) is 70.4 Å². The van der Waals surface area contributed by atoms with Gasteiger partial charge in [-0.3, -0.25) is 4.99 Å². The van der Waals surface area contributed by atoms with Crippen molar-refractivity contribution in [3.8, 4) is 0 Å². The summed E-state index contributed by atoms with van der Waals surface area (Å²) in [7, 11) is -1.69. The highest BCUT2D eigenvalue weighted by atomic mass is 32.2. The molecule has 0 radical (unpaired) electrons. The van der Waals surface area contributed by atoms with Crippen LogP contribution < -0.4 is 4.90 Å². The second-order valence-corrected chi connectivity index (χ2v) is 8.78. The minimum atomic E-state index is -3.31. The fourth-order valence-corrected chi connectivity index (χ4v) is 3.16. The summed E-state index contributed by atoms with van der Waals surface area (Å²) in [4.78, 5) is 5.73. The third-order valence-corrected chi connectivity index (χ3v) is 5.42. The molecular formula is C20H24F2N2O2S. The van der Waals surface area contributed by atoms with Crippen LogP contribution in [0.1, 0.15) is 13.8 Å². The van der Waals surface area contributed by atoms with E-state index in [-0.39, 0.29) is 22.4 Å². The van der Waals surface area contributed by atoms with Crippen molar-refractivity contribution >= 4 is 21.7 Å². The predicted octanol–water partition coefficient (Wildman–Crippen LogP) is 4.47. The number of benzene rings is 1. The van der Waals surface area contributed by atoms with Gasteiger partial charge in [0.05, 0.1) is 4.90 Å². The summed E-state index contributed by atoms with van der Waals surface area (Å²) >= 11 is 0. The lowest BCUT2D eigenvalue weighted by Crippen LogP contribution is -2.19. The van der Waals surface area contributed by atoms with Crippen LogP contribution in [-0.4, -0.2) is 33.9 Å². The number of hydrogen-bond donors (Lipinski definition) is 0. The number of sulfone groups is 1. The highest BCUT2D eigenvalue weighted by Crippen LogP contribution is 2.27. The lowest BCUT2D eigenvalue weighted by atomic mass is 9.91. The number of rotatable bonds is 6. The first-order valence-electron chi connectivity index (χ1n) is 8.51. The van der Waals surface area contributed by atoms with Crippen LogP contribution in [0, 0.1) is 11.8 Å². The molecule has 0 bridgehead atoms. The average Bonchev–Trinajstić information content (AvgIpc) is 2.58. The molecule has 27 heavy (non-hydrogen) atoms. The van der Waals surface area contributed by atoms with Gasteiger partial charge in [-0.25, -0.2) is 8.42 Å². The molecule has 2 atom stereocenters. The standard InChI is InChI=1S/C20H24F2N2O2S/c1-15-7-5-6-8-16(15)13-23-19(20(2,21)22)14-24(3)17-9-11-18(12-10-17)27(4,25)26/h5-16H,1-4H3/b19-14-,23-13?. The lowest BCUT2D eigenvalue weighted by molar-refractivity contribution is 0.0618. The molecule has 146 valence electrons. The van der Waals surface area contributed by atoms with E-state index in [9.17, 15) is 17.2 Å². The molecule has 0 aromatic heterocycles. The number of halogens is 2. The Labute approximate surface area is 159 Å². The van der Waals surface area contributed by atoms with E-state index in [4.69, 9.17) is 0 Å². The van der Waals surface area contributed by atoms with E-state index in [0.717, 1.165) is 13.2 Å². The molecule has 0 N–H and O–H groups in total. The Morgan fingerprint density at radius 3 is 2.30 bits per heavy atom. The summed E-state index contributed by atoms with van der Waals surface area (Å²) in [5, 5.41) is 0. The maximum Gasteiger partial charge on any atom is 0.288 e. The van der Waals surface area contributed by atoms with Crippen LogP contribution in [-0.2, 0) is 9.84 Å². The van der Waals surface area contributed by atoms with Crippen molar-refractivity contribution in [2.45, 2.75) is 24.7 Å². The summed E-state index contributed by atoms with van der Waals surface area (Å²) in [5.41, 5.74) is 0.209. The largest absolute Gasteiger partial charge is 0.349 e. The molecule has 0 heterocycles. The number of alkyl halides is 2. The van der Waals surface area contributed by atoms with Crippen LogP contribution >= 0.6 is 0 Å². The van der Waals surface area contributed by atoms with Crippen LogP contribution in [0.25, 0.3) is 0 Å². The highest BCUT2D eigenvalue weighted by molar-refractivity contribution is 7.90. The van der Waals surface area contributed by atoms with Crippen molar-refractivity contribution in [2.24, 2.45) is 16.8 Å². The van der Waals surface area contributed by atoms with E-state index >= 15 is 0 Å². The second-order valence-electron chi connectivity index (χ2n) is 6.76. The SMILES string of the molecule is CC1C=CC=CC1C=N/C(=C\N(C)c1ccc(S(C)(=O)=O)cc1)C(C)(F)F. The van der Waals surface area contributed by atoms with Crippen LogP contribution in [0.4, 0.5) is 14.5 Å². The number of allylic oxidation sites excluding steroid dienone is 5. The van der Waals surface area contributed by atoms with Gasteiger partial charge in [-0.15, -0.1) is 0 Å². The van der Waals surface area contributed by atoms with Gasteiger partial charge >= 0.3 is 0 Å². The Morgan fingerprint density at radius 1 is 1.19 bits per heavy atom. The fourth-order valence-electron chi connectivity index (χ4n) is 2.53. The van der Waals surface area contributed by atoms with Gasteiger partial charge in [0.2, 0.25) is 0 Å². The Kier molecular flexibility index (Phi) is 6.36. The topological polar surface area (TPSA) is 49.7 Å². The zero-order valence-electron chi connectivity index (χ0n) is 15.8. The molecule has 1 aromatic carbocycles. The number of aliphatic imine (C=N–C) groups is 1. The maximum absolute atomic E-state index is 14.0. The molecule has 7 heteroatoms. The summed E-state index contributed by atoms with van der Waals surface area (Å²) in [6.45, 7) is 2.80. The Balaban J connectivity index is 2.26. The highest BCUT2D eigenvalue weighted by Gasteiger charge is 2.28. The van der Waals surface area contributed by atoms with Gasteiger partial charge in [-0.2, -0.15) is 8.78 Å².